The summed E-state index contributed by atoms with van der Waals surface area (Å²) in [5.74, 6) is -16.1. The van der Waals surface area contributed by atoms with E-state index in [4.69, 9.17) is 17.2 Å². The van der Waals surface area contributed by atoms with Gasteiger partial charge < -0.3 is 84.7 Å². The van der Waals surface area contributed by atoms with Crippen molar-refractivity contribution in [1.29, 1.82) is 0 Å². The number of aliphatic carboxylic acids is 5. The van der Waals surface area contributed by atoms with Crippen LogP contribution in [-0.4, -0.2) is 178 Å². The van der Waals surface area contributed by atoms with Crippen molar-refractivity contribution in [1.82, 2.24) is 51.8 Å². The maximum Gasteiger partial charge on any atom is 0.404 e. The molecule has 3 rings (SSSR count). The van der Waals surface area contributed by atoms with E-state index in [1.165, 1.54) is 30.5 Å². The molecule has 3 aromatic rings. The molecule has 1 aromatic carbocycles. The number of hydrogen-bond acceptors (Lipinski definition) is 22. The van der Waals surface area contributed by atoms with Gasteiger partial charge in [0.2, 0.25) is 35.5 Å². The summed E-state index contributed by atoms with van der Waals surface area (Å²) in [5, 5.41) is 63.2. The number of nitrogens with one attached hydrogen (secondary N) is 8. The number of benzene rings is 1. The second-order valence-corrected chi connectivity index (χ2v) is 18.0. The molecule has 35 heteroatoms. The molecule has 0 bridgehead atoms. The van der Waals surface area contributed by atoms with E-state index < -0.39 is 152 Å². The molecule has 0 radical (unpaired) electrons. The largest absolute Gasteiger partial charge is 0.481 e. The van der Waals surface area contributed by atoms with Gasteiger partial charge in [0.1, 0.15) is 42.9 Å². The van der Waals surface area contributed by atoms with Crippen LogP contribution in [0.3, 0.4) is 0 Å². The number of carboxylic acids is 5. The van der Waals surface area contributed by atoms with E-state index in [0.29, 0.717) is 11.4 Å². The first-order chi connectivity index (χ1) is 35.4. The standard InChI is InChI=1S/C40H50N14O19S2/c41-12-23(35(66)52-24(38(70)71)15-75-74-8-7-73-40(43)72)51-34(65)22(11-28(60)61)50-33(64)21(10-27(58)59)49-32(63)20(9-26(56)57)47-25(55)6-5-19(37(68)69)48-31(62)16-1-3-17(4-2-16)44-13-18-14-45-30-29(46-18)36(67)54-39(42)53-30/h1-4,14,19-24,44H,5-13,15,41H2,(H2,43,72)(H,47,55)(H,48,62)(H,49,63)(H,50,64)(H,51,65)(H,52,66)(H,56,57)(H,58,59)(H,60,61)(H,68,69)(H,70,71)(H3,42,45,53,54,67)/t19-,20-,21-,22-,23-,24-/m0/s1. The summed E-state index contributed by atoms with van der Waals surface area (Å²) in [6.45, 7) is -0.723. The fourth-order valence-corrected chi connectivity index (χ4v) is 8.01. The Morgan fingerprint density at radius 3 is 1.71 bits per heavy atom. The van der Waals surface area contributed by atoms with Gasteiger partial charge in [0.05, 0.1) is 37.7 Å². The monoisotopic (exact) mass is 1090 g/mol. The molecule has 0 spiro atoms. The van der Waals surface area contributed by atoms with Gasteiger partial charge in [0.25, 0.3) is 11.5 Å². The van der Waals surface area contributed by atoms with E-state index in [9.17, 15) is 87.9 Å². The topological polar surface area (TPSA) is 549 Å². The minimum atomic E-state index is -2.20. The van der Waals surface area contributed by atoms with Gasteiger partial charge in [-0.2, -0.15) is 4.98 Å². The van der Waals surface area contributed by atoms with Crippen LogP contribution >= 0.6 is 21.6 Å². The van der Waals surface area contributed by atoms with E-state index in [0.717, 1.165) is 21.6 Å². The van der Waals surface area contributed by atoms with Crippen molar-refractivity contribution in [3.05, 3.63) is 52.1 Å². The van der Waals surface area contributed by atoms with E-state index in [1.807, 2.05) is 21.3 Å². The highest BCUT2D eigenvalue weighted by atomic mass is 33.1. The van der Waals surface area contributed by atoms with Crippen molar-refractivity contribution in [2.75, 3.05) is 35.7 Å². The number of hydrogen-bond donors (Lipinski definition) is 16. The number of ether oxygens (including phenoxy) is 1. The fraction of sp³-hybridized carbons (Fsp3) is 0.400. The first kappa shape index (κ1) is 60.4. The van der Waals surface area contributed by atoms with E-state index in [1.54, 1.807) is 0 Å². The molecule has 0 fully saturated rings. The Morgan fingerprint density at radius 1 is 0.667 bits per heavy atom. The number of primary amides is 1. The average molecular weight is 1100 g/mol. The lowest BCUT2D eigenvalue weighted by Gasteiger charge is -2.25. The smallest absolute Gasteiger partial charge is 0.404 e. The molecule has 0 aliphatic rings. The summed E-state index contributed by atoms with van der Waals surface area (Å²) in [6.07, 6.45) is -4.73. The van der Waals surface area contributed by atoms with E-state index in [2.05, 4.69) is 40.6 Å². The summed E-state index contributed by atoms with van der Waals surface area (Å²) in [4.78, 5) is 175. The molecule has 0 saturated heterocycles. The highest BCUT2D eigenvalue weighted by Gasteiger charge is 2.35. The lowest BCUT2D eigenvalue weighted by atomic mass is 10.1. The third-order valence-corrected chi connectivity index (χ3v) is 12.0. The zero-order valence-corrected chi connectivity index (χ0v) is 40.4. The van der Waals surface area contributed by atoms with Crippen LogP contribution in [0.5, 0.6) is 0 Å². The number of rotatable bonds is 32. The molecule has 2 heterocycles. The van der Waals surface area contributed by atoms with Gasteiger partial charge in [-0.05, 0) is 30.7 Å². The van der Waals surface area contributed by atoms with Crippen molar-refractivity contribution >= 4 is 116 Å². The lowest BCUT2D eigenvalue weighted by molar-refractivity contribution is -0.144. The molecule has 19 N–H and O–H groups in total. The maximum absolute atomic E-state index is 13.4. The summed E-state index contributed by atoms with van der Waals surface area (Å²) >= 11 is 0. The van der Waals surface area contributed by atoms with Crippen molar-refractivity contribution in [3.8, 4) is 0 Å². The van der Waals surface area contributed by atoms with Crippen LogP contribution in [0, 0.1) is 0 Å². The summed E-state index contributed by atoms with van der Waals surface area (Å²) in [5.41, 5.74) is 16.2. The maximum atomic E-state index is 13.4. The molecule has 0 aliphatic heterocycles. The van der Waals surface area contributed by atoms with E-state index >= 15 is 0 Å². The number of carboxylic acid groups (broad SMARTS) is 5. The van der Waals surface area contributed by atoms with Crippen LogP contribution in [0.25, 0.3) is 11.2 Å². The molecule has 0 aliphatic carbocycles. The molecular formula is C40H50N14O19S2. The van der Waals surface area contributed by atoms with Crippen LogP contribution in [0.2, 0.25) is 0 Å². The Morgan fingerprint density at radius 2 is 1.19 bits per heavy atom. The number of amides is 7. The zero-order chi connectivity index (χ0) is 55.9. The third-order valence-electron chi connectivity index (χ3n) is 9.64. The molecule has 0 saturated carbocycles. The molecule has 406 valence electrons. The Bertz CT molecular complexity index is 2700. The summed E-state index contributed by atoms with van der Waals surface area (Å²) in [7, 11) is 2.01. The van der Waals surface area contributed by atoms with E-state index in [-0.39, 0.29) is 47.3 Å². The number of aromatic amines is 1. The zero-order valence-electron chi connectivity index (χ0n) is 38.8. The second kappa shape index (κ2) is 29.6. The SMILES string of the molecule is NC[C@H](NC(=O)[C@H](CC(=O)O)NC(=O)[C@H](CC(=O)O)NC(=O)[C@H](CC(=O)O)NC(=O)CC[C@H](NC(=O)c1ccc(NCc2cnc3nc(N)[nH]c(=O)c3n2)cc1)C(=O)O)C(=O)N[C@@H](CSSCCOC(N)=O)C(=O)O. The molecule has 75 heavy (non-hydrogen) atoms. The van der Waals surface area contributed by atoms with Crippen LogP contribution in [-0.2, 0) is 59.2 Å². The van der Waals surface area contributed by atoms with Gasteiger partial charge in [-0.25, -0.2) is 24.4 Å². The first-order valence-electron chi connectivity index (χ1n) is 21.5. The average Bonchev–Trinajstić information content (AvgIpc) is 3.33. The van der Waals surface area contributed by atoms with Crippen molar-refractivity contribution in [2.45, 2.75) is 74.9 Å². The molecule has 6 atom stereocenters. The van der Waals surface area contributed by atoms with Gasteiger partial charge in [-0.1, -0.05) is 21.6 Å². The molecule has 7 amide bonds. The number of carbonyl (C=O) groups is 12. The molecule has 0 unspecified atom stereocenters. The Hall–Kier alpha value is -8.86. The Labute approximate surface area is 428 Å². The van der Waals surface area contributed by atoms with Crippen LogP contribution < -0.4 is 60.0 Å². The minimum absolute atomic E-state index is 0.0201. The second-order valence-electron chi connectivity index (χ2n) is 15.3. The highest BCUT2D eigenvalue weighted by molar-refractivity contribution is 8.76. The quantitative estimate of drug-likeness (QED) is 0.0206. The number of aromatic nitrogens is 4. The van der Waals surface area contributed by atoms with Gasteiger partial charge in [-0.3, -0.25) is 52.9 Å². The molecular weight excluding hydrogens is 1040 g/mol. The number of nitrogens with two attached hydrogens (primary N) is 3. The Kier molecular flexibility index (Phi) is 23.9. The predicted molar refractivity (Wildman–Crippen MR) is 258 cm³/mol. The number of fused-ring (bicyclic) bond motifs is 1. The van der Waals surface area contributed by atoms with Gasteiger partial charge in [0.15, 0.2) is 11.2 Å². The van der Waals surface area contributed by atoms with Crippen LogP contribution in [0.4, 0.5) is 16.4 Å². The first-order valence-corrected chi connectivity index (χ1v) is 24.0. The Balaban J connectivity index is 1.62. The van der Waals surface area contributed by atoms with Crippen molar-refractivity contribution < 1.29 is 87.8 Å². The highest BCUT2D eigenvalue weighted by Crippen LogP contribution is 2.22. The fourth-order valence-electron chi connectivity index (χ4n) is 6.03. The summed E-state index contributed by atoms with van der Waals surface area (Å²) in [6, 6.07) is -5.83. The third kappa shape index (κ3) is 21.0. The van der Waals surface area contributed by atoms with Gasteiger partial charge in [-0.15, -0.1) is 0 Å². The number of carbonyl (C=O) groups excluding carboxylic acids is 7. The van der Waals surface area contributed by atoms with Crippen LogP contribution in [0.15, 0.2) is 35.3 Å². The number of nitrogen functional groups attached to an aromatic ring is 1. The summed E-state index contributed by atoms with van der Waals surface area (Å²) < 4.78 is 4.54. The minimum Gasteiger partial charge on any atom is -0.481 e. The number of anilines is 2. The molecule has 33 nitrogen and oxygen atoms in total. The molecule has 2 aromatic heterocycles. The van der Waals surface area contributed by atoms with Gasteiger partial charge in [0, 0.05) is 35.7 Å². The van der Waals surface area contributed by atoms with Crippen LogP contribution in [0.1, 0.15) is 48.2 Å². The van der Waals surface area contributed by atoms with Crippen molar-refractivity contribution in [3.63, 3.8) is 0 Å². The number of nitrogens with zero attached hydrogens (tertiary/aromatic N) is 3. The van der Waals surface area contributed by atoms with Crippen molar-refractivity contribution in [2.24, 2.45) is 11.5 Å². The normalized spacial score (nSPS) is 13.2. The predicted octanol–water partition coefficient (Wildman–Crippen LogP) is -4.76. The lowest BCUT2D eigenvalue weighted by Crippen LogP contribution is -2.60. The van der Waals surface area contributed by atoms with Gasteiger partial charge >= 0.3 is 35.9 Å². The number of H-pyrrole nitrogens is 1.